The van der Waals surface area contributed by atoms with E-state index in [0.29, 0.717) is 11.4 Å². The lowest BCUT2D eigenvalue weighted by atomic mass is 9.95. The van der Waals surface area contributed by atoms with E-state index >= 15 is 0 Å². The number of nitrogens with zero attached hydrogens (tertiary/aromatic N) is 1. The number of halogens is 1. The molecule has 0 saturated heterocycles. The highest BCUT2D eigenvalue weighted by Gasteiger charge is 2.10. The number of allylic oxidation sites excluding steroid dienone is 1. The summed E-state index contributed by atoms with van der Waals surface area (Å²) in [4.78, 5) is 4.67. The van der Waals surface area contributed by atoms with E-state index in [4.69, 9.17) is 16.7 Å². The van der Waals surface area contributed by atoms with Crippen LogP contribution in [0, 0.1) is 0 Å². The van der Waals surface area contributed by atoms with Gasteiger partial charge in [-0.2, -0.15) is 0 Å². The van der Waals surface area contributed by atoms with E-state index in [1.807, 2.05) is 116 Å². The number of fused-ring (bicyclic) bond motifs is 1. The highest BCUT2D eigenvalue weighted by molar-refractivity contribution is 6.31. The summed E-state index contributed by atoms with van der Waals surface area (Å²) in [7, 11) is 0. The van der Waals surface area contributed by atoms with Crippen molar-refractivity contribution in [2.75, 3.05) is 0 Å². The molecule has 0 aliphatic heterocycles. The average molecular weight is 560 g/mol. The standard InChI is InChI=1S/C29H26ClNO.C8H8O/c1-20(2)27-9-4-3-7-22(27)13-17-29(32)24-8-5-6-21(18-24)10-15-26-16-12-23-11-14-25(30)19-28(23)31-26;9-7-6-8-4-2-1-3-5-8/h3-12,14-16,18-19,29,32H,1,13,17H2,2H3;1-7,9H/t29-;/m0./s1. The van der Waals surface area contributed by atoms with Gasteiger partial charge in [-0.25, -0.2) is 4.98 Å². The Balaban J connectivity index is 0.000000367. The fourth-order valence-electron chi connectivity index (χ4n) is 4.51. The average Bonchev–Trinajstić information content (AvgIpc) is 3.00. The third-order valence-corrected chi connectivity index (χ3v) is 6.88. The number of hydrogen-bond donors (Lipinski definition) is 2. The molecule has 0 radical (unpaired) electrons. The van der Waals surface area contributed by atoms with Crippen LogP contribution in [0.3, 0.4) is 0 Å². The van der Waals surface area contributed by atoms with Crippen LogP contribution in [0.4, 0.5) is 0 Å². The molecule has 0 aliphatic carbocycles. The molecule has 0 saturated carbocycles. The van der Waals surface area contributed by atoms with Crippen LogP contribution in [-0.2, 0) is 6.42 Å². The number of aliphatic hydroxyl groups is 2. The van der Waals surface area contributed by atoms with Gasteiger partial charge in [0.25, 0.3) is 0 Å². The molecular weight excluding hydrogens is 526 g/mol. The van der Waals surface area contributed by atoms with Crippen molar-refractivity contribution >= 4 is 46.3 Å². The minimum Gasteiger partial charge on any atom is -0.516 e. The van der Waals surface area contributed by atoms with E-state index in [1.165, 1.54) is 11.1 Å². The summed E-state index contributed by atoms with van der Waals surface area (Å²) in [6.07, 6.45) is 7.61. The normalized spacial score (nSPS) is 11.9. The van der Waals surface area contributed by atoms with Gasteiger partial charge in [0.05, 0.1) is 23.6 Å². The molecule has 4 heteroatoms. The third kappa shape index (κ3) is 8.77. The van der Waals surface area contributed by atoms with Gasteiger partial charge in [-0.15, -0.1) is 0 Å². The van der Waals surface area contributed by atoms with Gasteiger partial charge in [-0.1, -0.05) is 115 Å². The van der Waals surface area contributed by atoms with Crippen LogP contribution in [0.25, 0.3) is 34.7 Å². The molecule has 2 N–H and O–H groups in total. The van der Waals surface area contributed by atoms with Crippen LogP contribution in [0.5, 0.6) is 0 Å². The van der Waals surface area contributed by atoms with Crippen LogP contribution >= 0.6 is 11.6 Å². The molecule has 0 unspecified atom stereocenters. The Kier molecular flexibility index (Phi) is 10.7. The first-order valence-electron chi connectivity index (χ1n) is 13.5. The fourth-order valence-corrected chi connectivity index (χ4v) is 4.68. The summed E-state index contributed by atoms with van der Waals surface area (Å²) in [5.74, 6) is 0. The van der Waals surface area contributed by atoms with E-state index in [-0.39, 0.29) is 0 Å². The van der Waals surface area contributed by atoms with Crippen LogP contribution in [0.15, 0.2) is 122 Å². The third-order valence-electron chi connectivity index (χ3n) is 6.65. The zero-order valence-electron chi connectivity index (χ0n) is 23.1. The number of aromatic nitrogens is 1. The summed E-state index contributed by atoms with van der Waals surface area (Å²) in [6, 6.07) is 35.7. The Morgan fingerprint density at radius 2 is 1.56 bits per heavy atom. The van der Waals surface area contributed by atoms with Crippen molar-refractivity contribution in [1.29, 1.82) is 0 Å². The molecule has 0 bridgehead atoms. The van der Waals surface area contributed by atoms with E-state index < -0.39 is 6.10 Å². The van der Waals surface area contributed by atoms with E-state index in [2.05, 4.69) is 23.7 Å². The molecule has 4 aromatic carbocycles. The number of pyridine rings is 1. The van der Waals surface area contributed by atoms with Crippen LogP contribution in [-0.4, -0.2) is 15.2 Å². The molecule has 1 atom stereocenters. The Morgan fingerprint density at radius 1 is 0.829 bits per heavy atom. The predicted octanol–water partition coefficient (Wildman–Crippen LogP) is 9.97. The van der Waals surface area contributed by atoms with Gasteiger partial charge >= 0.3 is 0 Å². The first-order chi connectivity index (χ1) is 19.9. The molecule has 41 heavy (non-hydrogen) atoms. The maximum absolute atomic E-state index is 10.8. The monoisotopic (exact) mass is 559 g/mol. The molecule has 1 heterocycles. The summed E-state index contributed by atoms with van der Waals surface area (Å²) in [6.45, 7) is 6.09. The molecule has 206 valence electrons. The van der Waals surface area contributed by atoms with Crippen molar-refractivity contribution in [3.63, 3.8) is 0 Å². The first-order valence-corrected chi connectivity index (χ1v) is 13.9. The Hall–Kier alpha value is -4.44. The predicted molar refractivity (Wildman–Crippen MR) is 175 cm³/mol. The van der Waals surface area contributed by atoms with Gasteiger partial charge in [-0.05, 0) is 84.0 Å². The number of aryl methyl sites for hydroxylation is 1. The smallest absolute Gasteiger partial charge is 0.0797 e. The van der Waals surface area contributed by atoms with Gasteiger partial charge in [-0.3, -0.25) is 0 Å². The van der Waals surface area contributed by atoms with Gasteiger partial charge < -0.3 is 10.2 Å². The van der Waals surface area contributed by atoms with Crippen molar-refractivity contribution in [2.45, 2.75) is 25.9 Å². The second kappa shape index (κ2) is 14.8. The Bertz CT molecular complexity index is 1660. The van der Waals surface area contributed by atoms with E-state index in [1.54, 1.807) is 6.08 Å². The van der Waals surface area contributed by atoms with Crippen molar-refractivity contribution in [3.8, 4) is 0 Å². The molecular formula is C37H34ClNO2. The molecule has 5 aromatic rings. The highest BCUT2D eigenvalue weighted by atomic mass is 35.5. The summed E-state index contributed by atoms with van der Waals surface area (Å²) < 4.78 is 0. The minimum atomic E-state index is -0.525. The lowest BCUT2D eigenvalue weighted by Gasteiger charge is -2.14. The van der Waals surface area contributed by atoms with Crippen molar-refractivity contribution in [2.24, 2.45) is 0 Å². The summed E-state index contributed by atoms with van der Waals surface area (Å²) in [5, 5.41) is 20.9. The van der Waals surface area contributed by atoms with Crippen LogP contribution in [0.2, 0.25) is 5.02 Å². The second-order valence-electron chi connectivity index (χ2n) is 9.79. The Labute approximate surface area is 247 Å². The Morgan fingerprint density at radius 3 is 2.34 bits per heavy atom. The summed E-state index contributed by atoms with van der Waals surface area (Å²) in [5.41, 5.74) is 8.13. The number of benzene rings is 4. The lowest BCUT2D eigenvalue weighted by molar-refractivity contribution is 0.168. The zero-order chi connectivity index (χ0) is 29.0. The van der Waals surface area contributed by atoms with E-state index in [9.17, 15) is 5.11 Å². The molecule has 3 nitrogen and oxygen atoms in total. The zero-order valence-corrected chi connectivity index (χ0v) is 23.9. The molecule has 0 fully saturated rings. The first kappa shape index (κ1) is 29.5. The van der Waals surface area contributed by atoms with Crippen molar-refractivity contribution < 1.29 is 10.2 Å². The second-order valence-corrected chi connectivity index (χ2v) is 10.2. The lowest BCUT2D eigenvalue weighted by Crippen LogP contribution is -2.01. The van der Waals surface area contributed by atoms with Gasteiger partial charge in [0.2, 0.25) is 0 Å². The van der Waals surface area contributed by atoms with Crippen LogP contribution < -0.4 is 0 Å². The van der Waals surface area contributed by atoms with Gasteiger partial charge in [0.15, 0.2) is 0 Å². The molecule has 0 aliphatic rings. The molecule has 0 amide bonds. The largest absolute Gasteiger partial charge is 0.516 e. The van der Waals surface area contributed by atoms with Gasteiger partial charge in [0.1, 0.15) is 0 Å². The van der Waals surface area contributed by atoms with E-state index in [0.717, 1.165) is 51.5 Å². The quantitative estimate of drug-likeness (QED) is 0.186. The summed E-state index contributed by atoms with van der Waals surface area (Å²) >= 11 is 6.09. The number of hydrogen-bond acceptors (Lipinski definition) is 3. The van der Waals surface area contributed by atoms with Crippen molar-refractivity contribution in [3.05, 3.63) is 161 Å². The topological polar surface area (TPSA) is 53.4 Å². The molecule has 1 aromatic heterocycles. The molecule has 5 rings (SSSR count). The SMILES string of the molecule is C=C(C)c1ccccc1CC[C@H](O)c1cccc(C=Cc2ccc3ccc(Cl)cc3n2)c1.OC=Cc1ccccc1. The fraction of sp³-hybridized carbons (Fsp3) is 0.108. The minimum absolute atomic E-state index is 0.525. The molecule has 0 spiro atoms. The maximum Gasteiger partial charge on any atom is 0.0797 e. The van der Waals surface area contributed by atoms with Gasteiger partial charge in [0, 0.05) is 10.4 Å². The highest BCUT2D eigenvalue weighted by Crippen LogP contribution is 2.25. The van der Waals surface area contributed by atoms with Crippen molar-refractivity contribution in [1.82, 2.24) is 4.98 Å². The number of aliphatic hydroxyl groups excluding tert-OH is 2. The van der Waals surface area contributed by atoms with Crippen LogP contribution in [0.1, 0.15) is 53.0 Å². The maximum atomic E-state index is 10.8. The number of rotatable bonds is 8.